The molecule has 0 fully saturated rings. The summed E-state index contributed by atoms with van der Waals surface area (Å²) in [7, 11) is 0. The van der Waals surface area contributed by atoms with Crippen molar-refractivity contribution in [3.05, 3.63) is 158 Å². The molecule has 2 aliphatic rings. The molecule has 2 aliphatic carbocycles. The van der Waals surface area contributed by atoms with Gasteiger partial charge in [0.1, 0.15) is 0 Å². The van der Waals surface area contributed by atoms with Gasteiger partial charge in [-0.25, -0.2) is 0 Å². The molecule has 2 heterocycles. The Bertz CT molecular complexity index is 3130. The van der Waals surface area contributed by atoms with E-state index in [2.05, 4.69) is 161 Å². The average molecular weight is 969 g/mol. The second-order valence-corrected chi connectivity index (χ2v) is 26.0. The highest BCUT2D eigenvalue weighted by atomic mass is 32.1. The van der Waals surface area contributed by atoms with Crippen molar-refractivity contribution in [2.24, 2.45) is 0 Å². The van der Waals surface area contributed by atoms with Crippen molar-refractivity contribution in [1.29, 1.82) is 0 Å². The maximum Gasteiger partial charge on any atom is 0.199 e. The first-order valence-corrected chi connectivity index (χ1v) is 27.1. The Labute approximate surface area is 424 Å². The van der Waals surface area contributed by atoms with Gasteiger partial charge in [0.25, 0.3) is 0 Å². The Hall–Kier alpha value is -5.30. The van der Waals surface area contributed by atoms with E-state index in [1.54, 1.807) is 0 Å². The van der Waals surface area contributed by atoms with E-state index in [4.69, 9.17) is 0 Å². The largest absolute Gasteiger partial charge is 0.288 e. The van der Waals surface area contributed by atoms with Crippen LogP contribution in [0.3, 0.4) is 0 Å². The van der Waals surface area contributed by atoms with Gasteiger partial charge in [0.2, 0.25) is 0 Å². The molecule has 0 aliphatic heterocycles. The number of fused-ring (bicyclic) bond motifs is 2. The third kappa shape index (κ3) is 8.80. The molecule has 0 unspecified atom stereocenters. The van der Waals surface area contributed by atoms with Crippen LogP contribution in [-0.2, 0) is 10.8 Å². The van der Waals surface area contributed by atoms with Crippen molar-refractivity contribution in [3.63, 3.8) is 0 Å². The Morgan fingerprint density at radius 1 is 0.343 bits per heavy atom. The molecule has 70 heavy (non-hydrogen) atoms. The zero-order chi connectivity index (χ0) is 51.4. The van der Waals surface area contributed by atoms with Crippen molar-refractivity contribution in [2.75, 3.05) is 0 Å². The smallest absolute Gasteiger partial charge is 0.199 e. The van der Waals surface area contributed by atoms with E-state index in [1.807, 2.05) is 36.4 Å². The first-order chi connectivity index (χ1) is 32.6. The van der Waals surface area contributed by atoms with Crippen molar-refractivity contribution >= 4 is 57.0 Å². The lowest BCUT2D eigenvalue weighted by molar-refractivity contribution is 0.101. The lowest BCUT2D eigenvalue weighted by Gasteiger charge is -2.23. The number of carbonyl (C=O) groups excluding carboxylic acids is 4. The highest BCUT2D eigenvalue weighted by Crippen LogP contribution is 2.45. The summed E-state index contributed by atoms with van der Waals surface area (Å²) >= 11 is 2.98. The van der Waals surface area contributed by atoms with Gasteiger partial charge in [-0.15, -0.1) is 22.7 Å². The van der Waals surface area contributed by atoms with E-state index in [1.165, 1.54) is 56.1 Å². The van der Waals surface area contributed by atoms with Gasteiger partial charge in [-0.2, -0.15) is 0 Å². The molecule has 2 aromatic heterocycles. The van der Waals surface area contributed by atoms with Gasteiger partial charge in [-0.1, -0.05) is 161 Å². The Morgan fingerprint density at radius 3 is 0.886 bits per heavy atom. The molecular weight excluding hydrogens is 897 g/mol. The average Bonchev–Trinajstić information content (AvgIpc) is 4.02. The van der Waals surface area contributed by atoms with Crippen LogP contribution in [0.15, 0.2) is 72.8 Å². The number of hydrogen-bond acceptors (Lipinski definition) is 6. The minimum Gasteiger partial charge on any atom is -0.288 e. The minimum atomic E-state index is -0.256. The molecule has 0 saturated carbocycles. The highest BCUT2D eigenvalue weighted by molar-refractivity contribution is 7.12. The normalized spacial score (nSPS) is 16.5. The summed E-state index contributed by atoms with van der Waals surface area (Å²) < 4.78 is 3.09. The SMILES string of the molecule is CC(C)c1cc(C(C)C)c(-c2c/c(=C3\C(=O)c4ccc(C(C)(C)C)cc4C3=O)s/c2=c2/s/c(=C3/C(=O)c4ccc(C(C)(C)C)cc4C3=O)cc2-c2c(C(C)C)cc(C(C)C)cc2C(C)C)c(C(C)C)c1. The van der Waals surface area contributed by atoms with Crippen LogP contribution in [0, 0.1) is 9.06 Å². The summed E-state index contributed by atoms with van der Waals surface area (Å²) in [5.41, 5.74) is 15.3. The molecule has 4 aromatic carbocycles. The maximum atomic E-state index is 14.9. The fourth-order valence-electron chi connectivity index (χ4n) is 10.3. The van der Waals surface area contributed by atoms with E-state index in [0.29, 0.717) is 43.2 Å². The van der Waals surface area contributed by atoms with E-state index in [0.717, 1.165) is 42.4 Å². The fraction of sp³-hybridized carbons (Fsp3) is 0.406. The summed E-state index contributed by atoms with van der Waals surface area (Å²) in [6, 6.07) is 25.1. The molecule has 0 N–H and O–H groups in total. The van der Waals surface area contributed by atoms with Crippen molar-refractivity contribution in [2.45, 2.75) is 171 Å². The lowest BCUT2D eigenvalue weighted by Crippen LogP contribution is -2.12. The van der Waals surface area contributed by atoms with Crippen LogP contribution in [0.5, 0.6) is 0 Å². The van der Waals surface area contributed by atoms with Crippen molar-refractivity contribution in [1.82, 2.24) is 0 Å². The molecule has 0 spiro atoms. The molecule has 4 nitrogen and oxygen atoms in total. The predicted molar refractivity (Wildman–Crippen MR) is 295 cm³/mol. The topological polar surface area (TPSA) is 68.3 Å². The first-order valence-electron chi connectivity index (χ1n) is 25.5. The number of carbonyl (C=O) groups is 4. The number of ketones is 4. The van der Waals surface area contributed by atoms with Gasteiger partial charge < -0.3 is 0 Å². The summed E-state index contributed by atoms with van der Waals surface area (Å²) in [4.78, 5) is 59.3. The quantitative estimate of drug-likeness (QED) is 0.152. The van der Waals surface area contributed by atoms with Crippen LogP contribution in [0.2, 0.25) is 0 Å². The van der Waals surface area contributed by atoms with Gasteiger partial charge in [-0.05, 0) is 138 Å². The number of Topliss-reactive ketones (excluding diaryl/α,β-unsaturated/α-hetero) is 4. The molecule has 6 heteroatoms. The number of thiophene rings is 2. The monoisotopic (exact) mass is 968 g/mol. The summed E-state index contributed by atoms with van der Waals surface area (Å²) in [5.74, 6) is 0.171. The van der Waals surface area contributed by atoms with E-state index in [-0.39, 0.29) is 68.8 Å². The number of hydrogen-bond donors (Lipinski definition) is 0. The Morgan fingerprint density at radius 2 is 0.629 bits per heavy atom. The standard InChI is InChI=1S/C64H72O4S2/c1-31(2)37-23-43(33(5)6)53(44(24-37)34(7)8)49-29-51(55-57(65)41-21-19-39(63(13,14)15)27-47(41)59(55)67)69-61(49)62-50(54-45(35(9)10)25-38(32(3)4)26-46(54)36(11)12)30-52(70-62)56-58(66)42-22-20-40(64(16,17)18)28-48(42)60(56)68/h19-36H,1-18H3/b55-51-,56-52-,62-61+. The minimum absolute atomic E-state index is 0.146. The summed E-state index contributed by atoms with van der Waals surface area (Å²) in [5, 5.41) is 0. The van der Waals surface area contributed by atoms with Crippen LogP contribution in [-0.4, -0.2) is 23.1 Å². The van der Waals surface area contributed by atoms with Gasteiger partial charge in [-0.3, -0.25) is 19.2 Å². The molecule has 0 saturated heterocycles. The second-order valence-electron chi connectivity index (χ2n) is 23.9. The third-order valence-corrected chi connectivity index (χ3v) is 17.1. The molecule has 0 atom stereocenters. The highest BCUT2D eigenvalue weighted by Gasteiger charge is 2.38. The molecule has 0 radical (unpaired) electrons. The van der Waals surface area contributed by atoms with Gasteiger partial charge in [0, 0.05) is 42.4 Å². The molecular formula is C64H72O4S2. The van der Waals surface area contributed by atoms with Gasteiger partial charge in [0.15, 0.2) is 23.1 Å². The second kappa shape index (κ2) is 18.4. The fourth-order valence-corrected chi connectivity index (χ4v) is 12.8. The zero-order valence-electron chi connectivity index (χ0n) is 44.8. The molecule has 0 bridgehead atoms. The van der Waals surface area contributed by atoms with E-state index in [9.17, 15) is 19.2 Å². The third-order valence-electron chi connectivity index (χ3n) is 14.6. The molecule has 364 valence electrons. The van der Waals surface area contributed by atoms with Crippen LogP contribution in [0.1, 0.15) is 246 Å². The van der Waals surface area contributed by atoms with Crippen LogP contribution in [0.25, 0.3) is 33.4 Å². The van der Waals surface area contributed by atoms with Crippen LogP contribution < -0.4 is 9.06 Å². The summed E-state index contributed by atoms with van der Waals surface area (Å²) in [6.07, 6.45) is 0. The molecule has 8 rings (SSSR count). The van der Waals surface area contributed by atoms with E-state index < -0.39 is 0 Å². The maximum absolute atomic E-state index is 14.9. The lowest BCUT2D eigenvalue weighted by atomic mass is 9.81. The zero-order valence-corrected chi connectivity index (χ0v) is 46.5. The van der Waals surface area contributed by atoms with Crippen molar-refractivity contribution in [3.8, 4) is 22.3 Å². The number of benzene rings is 4. The van der Waals surface area contributed by atoms with Crippen LogP contribution in [0.4, 0.5) is 0 Å². The van der Waals surface area contributed by atoms with Crippen molar-refractivity contribution < 1.29 is 19.2 Å². The van der Waals surface area contributed by atoms with Gasteiger partial charge >= 0.3 is 0 Å². The predicted octanol–water partition coefficient (Wildman–Crippen LogP) is 16.2. The number of rotatable bonds is 8. The first kappa shape index (κ1) is 51.1. The van der Waals surface area contributed by atoms with E-state index >= 15 is 0 Å². The van der Waals surface area contributed by atoms with Crippen LogP contribution >= 0.6 is 22.7 Å². The Kier molecular flexibility index (Phi) is 13.4. The Balaban J connectivity index is 1.64. The molecule has 0 amide bonds. The summed E-state index contributed by atoms with van der Waals surface area (Å²) in [6.45, 7) is 39.6. The molecule has 6 aromatic rings. The van der Waals surface area contributed by atoms with Gasteiger partial charge in [0.05, 0.1) is 20.2 Å².